The number of hydrogen-bond donors (Lipinski definition) is 3. The van der Waals surface area contributed by atoms with Gasteiger partial charge in [-0.2, -0.15) is 0 Å². The van der Waals surface area contributed by atoms with Gasteiger partial charge >= 0.3 is 5.97 Å². The number of aromatic nitrogens is 2. The highest BCUT2D eigenvalue weighted by Gasteiger charge is 2.38. The van der Waals surface area contributed by atoms with Crippen LogP contribution in [0, 0.1) is 5.92 Å². The van der Waals surface area contributed by atoms with Gasteiger partial charge in [0.25, 0.3) is 0 Å². The molecule has 0 radical (unpaired) electrons. The van der Waals surface area contributed by atoms with E-state index >= 15 is 0 Å². The number of amides is 1. The number of ether oxygens (including phenoxy) is 2. The Labute approximate surface area is 223 Å². The van der Waals surface area contributed by atoms with E-state index in [1.807, 2.05) is 31.2 Å². The molecule has 0 spiro atoms. The maximum atomic E-state index is 12.0. The molecule has 11 heteroatoms. The van der Waals surface area contributed by atoms with Crippen molar-refractivity contribution in [3.8, 4) is 0 Å². The molecule has 0 bridgehead atoms. The Hall–Kier alpha value is -2.95. The lowest BCUT2D eigenvalue weighted by atomic mass is 9.90. The number of carbonyl (C=O) groups excluding carboxylic acids is 1. The molecular weight excluding hydrogens is 521 g/mol. The van der Waals surface area contributed by atoms with Crippen LogP contribution < -0.4 is 5.32 Å². The van der Waals surface area contributed by atoms with Crippen LogP contribution in [0.1, 0.15) is 48.8 Å². The molecule has 1 saturated heterocycles. The number of aliphatic carboxylic acids is 1. The second-order valence-electron chi connectivity index (χ2n) is 8.86. The number of aliphatic hydroxyl groups is 1. The first-order valence-electron chi connectivity index (χ1n) is 11.7. The van der Waals surface area contributed by atoms with Crippen molar-refractivity contribution in [1.29, 1.82) is 0 Å². The largest absolute Gasteiger partial charge is 0.481 e. The van der Waals surface area contributed by atoms with Crippen molar-refractivity contribution >= 4 is 40.8 Å². The smallest absolute Gasteiger partial charge is 0.303 e. The Bertz CT molecular complexity index is 1230. The molecule has 2 heterocycles. The summed E-state index contributed by atoms with van der Waals surface area (Å²) in [5.74, 6) is -1.47. The molecule has 1 fully saturated rings. The third-order valence-corrected chi connectivity index (χ3v) is 7.03. The Morgan fingerprint density at radius 1 is 1.03 bits per heavy atom. The van der Waals surface area contributed by atoms with Crippen molar-refractivity contribution in [2.75, 3.05) is 5.32 Å². The van der Waals surface area contributed by atoms with Gasteiger partial charge in [0.05, 0.1) is 38.1 Å². The molecule has 0 saturated carbocycles. The van der Waals surface area contributed by atoms with Crippen molar-refractivity contribution in [2.45, 2.75) is 51.4 Å². The number of imidazole rings is 1. The predicted octanol–water partition coefficient (Wildman–Crippen LogP) is 4.98. The Morgan fingerprint density at radius 3 is 2.30 bits per heavy atom. The zero-order chi connectivity index (χ0) is 26.5. The number of halogens is 2. The highest BCUT2D eigenvalue weighted by Crippen LogP contribution is 2.42. The van der Waals surface area contributed by atoms with Gasteiger partial charge in [-0.25, -0.2) is 4.98 Å². The molecule has 3 N–H and O–H groups in total. The van der Waals surface area contributed by atoms with E-state index in [1.165, 1.54) is 0 Å². The minimum Gasteiger partial charge on any atom is -0.481 e. The van der Waals surface area contributed by atoms with Crippen molar-refractivity contribution in [3.63, 3.8) is 0 Å². The number of rotatable bonds is 9. The highest BCUT2D eigenvalue weighted by atomic mass is 35.5. The Morgan fingerprint density at radius 2 is 1.70 bits per heavy atom. The molecule has 1 amide bonds. The van der Waals surface area contributed by atoms with E-state index in [4.69, 9.17) is 37.8 Å². The summed E-state index contributed by atoms with van der Waals surface area (Å²) in [6.45, 7) is 2.39. The van der Waals surface area contributed by atoms with Crippen LogP contribution in [0.15, 0.2) is 54.9 Å². The summed E-state index contributed by atoms with van der Waals surface area (Å²) in [6.07, 6.45) is -0.108. The lowest BCUT2D eigenvalue weighted by Gasteiger charge is -2.41. The van der Waals surface area contributed by atoms with Crippen LogP contribution in [0.3, 0.4) is 0 Å². The number of carboxylic acids is 1. The molecule has 2 aromatic carbocycles. The maximum absolute atomic E-state index is 12.0. The van der Waals surface area contributed by atoms with Crippen LogP contribution in [0.25, 0.3) is 0 Å². The fourth-order valence-electron chi connectivity index (χ4n) is 4.16. The van der Waals surface area contributed by atoms with Gasteiger partial charge in [0.2, 0.25) is 5.91 Å². The van der Waals surface area contributed by atoms with Crippen molar-refractivity contribution in [1.82, 2.24) is 9.55 Å². The third kappa shape index (κ3) is 6.68. The normalized spacial score (nSPS) is 21.5. The number of aliphatic hydroxyl groups excluding tert-OH is 1. The Kier molecular flexibility index (Phi) is 8.83. The quantitative estimate of drug-likeness (QED) is 0.345. The van der Waals surface area contributed by atoms with Crippen LogP contribution in [-0.2, 0) is 32.2 Å². The van der Waals surface area contributed by atoms with Gasteiger partial charge in [0.15, 0.2) is 11.4 Å². The van der Waals surface area contributed by atoms with Gasteiger partial charge in [-0.1, -0.05) is 66.5 Å². The number of carboxylic acid groups (broad SMARTS) is 1. The molecule has 196 valence electrons. The van der Waals surface area contributed by atoms with E-state index in [-0.39, 0.29) is 48.6 Å². The van der Waals surface area contributed by atoms with E-state index < -0.39 is 12.3 Å². The number of anilines is 1. The maximum Gasteiger partial charge on any atom is 0.303 e. The molecule has 0 aliphatic carbocycles. The van der Waals surface area contributed by atoms with Gasteiger partial charge in [-0.3, -0.25) is 9.59 Å². The van der Waals surface area contributed by atoms with Gasteiger partial charge < -0.3 is 29.6 Å². The molecule has 37 heavy (non-hydrogen) atoms. The molecule has 4 rings (SSSR count). The lowest BCUT2D eigenvalue weighted by Crippen LogP contribution is -2.39. The summed E-state index contributed by atoms with van der Waals surface area (Å²) in [5.41, 5.74) is 3.03. The number of nitrogens with zero attached hydrogens (tertiary/aromatic N) is 2. The number of carbonyl (C=O) groups is 2. The standard InChI is InChI=1S/C26H27Cl2N3O6/c1-15-20(12-31-14-29-24(27)25(31)28)36-26(37-23(15)17-4-2-16(13-32)3-5-17)18-6-8-19(9-7-18)30-21(33)10-11-22(34)35/h2-9,14-15,20,23,26,32H,10-13H2,1H3,(H,30,33)(H,34,35)/t15-,20+,23+,26+/m1/s1. The van der Waals surface area contributed by atoms with E-state index in [1.54, 1.807) is 35.2 Å². The Balaban J connectivity index is 1.55. The second kappa shape index (κ2) is 12.1. The summed E-state index contributed by atoms with van der Waals surface area (Å²) < 4.78 is 14.5. The van der Waals surface area contributed by atoms with E-state index in [9.17, 15) is 14.7 Å². The molecule has 9 nitrogen and oxygen atoms in total. The van der Waals surface area contributed by atoms with Crippen LogP contribution in [0.2, 0.25) is 10.3 Å². The highest BCUT2D eigenvalue weighted by molar-refractivity contribution is 6.40. The van der Waals surface area contributed by atoms with Crippen LogP contribution in [0.4, 0.5) is 5.69 Å². The number of hydrogen-bond acceptors (Lipinski definition) is 6. The molecule has 0 unspecified atom stereocenters. The molecule has 3 aromatic rings. The fraction of sp³-hybridized carbons (Fsp3) is 0.346. The van der Waals surface area contributed by atoms with Gasteiger partial charge in [0, 0.05) is 23.6 Å². The minimum absolute atomic E-state index is 0.0468. The van der Waals surface area contributed by atoms with Gasteiger partial charge in [-0.15, -0.1) is 0 Å². The third-order valence-electron chi connectivity index (χ3n) is 6.27. The molecular formula is C26H27Cl2N3O6. The first kappa shape index (κ1) is 27.1. The fourth-order valence-corrected chi connectivity index (χ4v) is 4.47. The van der Waals surface area contributed by atoms with Crippen molar-refractivity contribution < 1.29 is 29.3 Å². The lowest BCUT2D eigenvalue weighted by molar-refractivity contribution is -0.276. The number of benzene rings is 2. The summed E-state index contributed by atoms with van der Waals surface area (Å²) in [5, 5.41) is 21.4. The molecule has 4 atom stereocenters. The summed E-state index contributed by atoms with van der Waals surface area (Å²) in [4.78, 5) is 26.7. The SMILES string of the molecule is C[C@@H]1[C@H](Cn2cnc(Cl)c2Cl)O[C@H](c2ccc(NC(=O)CCC(=O)O)cc2)O[C@@H]1c1ccc(CO)cc1. The zero-order valence-corrected chi connectivity index (χ0v) is 21.5. The van der Waals surface area contributed by atoms with Crippen molar-refractivity contribution in [3.05, 3.63) is 81.9 Å². The summed E-state index contributed by atoms with van der Waals surface area (Å²) >= 11 is 12.3. The monoisotopic (exact) mass is 547 g/mol. The van der Waals surface area contributed by atoms with Gasteiger partial charge in [-0.05, 0) is 23.3 Å². The van der Waals surface area contributed by atoms with Crippen LogP contribution >= 0.6 is 23.2 Å². The van der Waals surface area contributed by atoms with Gasteiger partial charge in [0.1, 0.15) is 5.15 Å². The summed E-state index contributed by atoms with van der Waals surface area (Å²) in [6, 6.07) is 14.6. The minimum atomic E-state index is -1.03. The van der Waals surface area contributed by atoms with E-state index in [2.05, 4.69) is 10.3 Å². The first-order valence-corrected chi connectivity index (χ1v) is 12.5. The predicted molar refractivity (Wildman–Crippen MR) is 137 cm³/mol. The summed E-state index contributed by atoms with van der Waals surface area (Å²) in [7, 11) is 0. The zero-order valence-electron chi connectivity index (χ0n) is 20.0. The van der Waals surface area contributed by atoms with E-state index in [0.717, 1.165) is 16.7 Å². The van der Waals surface area contributed by atoms with Crippen LogP contribution in [0.5, 0.6) is 0 Å². The topological polar surface area (TPSA) is 123 Å². The molecule has 1 aromatic heterocycles. The van der Waals surface area contributed by atoms with Crippen molar-refractivity contribution in [2.24, 2.45) is 5.92 Å². The molecule has 1 aliphatic heterocycles. The second-order valence-corrected chi connectivity index (χ2v) is 9.58. The van der Waals surface area contributed by atoms with Crippen LogP contribution in [-0.4, -0.2) is 37.7 Å². The first-order chi connectivity index (χ1) is 17.7. The molecule has 1 aliphatic rings. The number of nitrogens with one attached hydrogen (secondary N) is 1. The van der Waals surface area contributed by atoms with E-state index in [0.29, 0.717) is 17.4 Å². The average molecular weight is 548 g/mol. The average Bonchev–Trinajstić information content (AvgIpc) is 3.21.